The predicted molar refractivity (Wildman–Crippen MR) is 78.1 cm³/mol. The summed E-state index contributed by atoms with van der Waals surface area (Å²) in [5, 5.41) is 2.83. The maximum atomic E-state index is 13.3. The van der Waals surface area contributed by atoms with Gasteiger partial charge in [0.2, 0.25) is 5.91 Å². The van der Waals surface area contributed by atoms with Crippen molar-refractivity contribution in [1.82, 2.24) is 15.1 Å². The van der Waals surface area contributed by atoms with Crippen LogP contribution in [0.2, 0.25) is 0 Å². The summed E-state index contributed by atoms with van der Waals surface area (Å²) in [5.41, 5.74) is 0. The Morgan fingerprint density at radius 3 is 2.70 bits per heavy atom. The molecule has 0 saturated carbocycles. The van der Waals surface area contributed by atoms with Crippen LogP contribution in [0.4, 0.5) is 4.39 Å². The van der Waals surface area contributed by atoms with Gasteiger partial charge in [-0.1, -0.05) is 0 Å². The Labute approximate surface area is 121 Å². The fraction of sp³-hybridized carbons (Fsp3) is 0.800. The van der Waals surface area contributed by atoms with Crippen LogP contribution in [0.25, 0.3) is 0 Å². The minimum atomic E-state index is 0.0368. The second kappa shape index (κ2) is 7.74. The average molecular weight is 283 g/mol. The summed E-state index contributed by atoms with van der Waals surface area (Å²) in [6.45, 7) is 8.37. The molecule has 2 rings (SSSR count). The van der Waals surface area contributed by atoms with Crippen LogP contribution in [-0.4, -0.2) is 61.5 Å². The third kappa shape index (κ3) is 5.21. The lowest BCUT2D eigenvalue weighted by Crippen LogP contribution is -2.49. The Kier molecular flexibility index (Phi) is 5.98. The van der Waals surface area contributed by atoms with Gasteiger partial charge >= 0.3 is 0 Å². The van der Waals surface area contributed by atoms with Crippen molar-refractivity contribution in [1.29, 1.82) is 0 Å². The number of allylic oxidation sites excluding steroid dienone is 1. The summed E-state index contributed by atoms with van der Waals surface area (Å²) in [5.74, 6) is 0.514. The molecule has 0 aromatic heterocycles. The lowest BCUT2D eigenvalue weighted by molar-refractivity contribution is -0.119. The van der Waals surface area contributed by atoms with Crippen LogP contribution in [0.3, 0.4) is 0 Å². The summed E-state index contributed by atoms with van der Waals surface area (Å²) in [7, 11) is 0. The van der Waals surface area contributed by atoms with E-state index in [9.17, 15) is 9.18 Å². The van der Waals surface area contributed by atoms with E-state index in [2.05, 4.69) is 15.1 Å². The Bertz CT molecular complexity index is 351. The molecule has 0 radical (unpaired) electrons. The Morgan fingerprint density at radius 2 is 2.05 bits per heavy atom. The summed E-state index contributed by atoms with van der Waals surface area (Å²) < 4.78 is 13.3. The van der Waals surface area contributed by atoms with E-state index in [-0.39, 0.29) is 11.7 Å². The monoisotopic (exact) mass is 283 g/mol. The molecule has 0 aromatic carbocycles. The number of piperazine rings is 1. The highest BCUT2D eigenvalue weighted by atomic mass is 19.1. The third-order valence-electron chi connectivity index (χ3n) is 4.17. The molecule has 2 aliphatic rings. The van der Waals surface area contributed by atoms with Crippen LogP contribution in [0, 0.1) is 5.92 Å². The smallest absolute Gasteiger partial charge is 0.216 e. The molecule has 1 aliphatic carbocycles. The first-order chi connectivity index (χ1) is 9.63. The van der Waals surface area contributed by atoms with Crippen LogP contribution in [0.5, 0.6) is 0 Å². The fourth-order valence-corrected chi connectivity index (χ4v) is 3.02. The summed E-state index contributed by atoms with van der Waals surface area (Å²) in [6.07, 6.45) is 4.57. The van der Waals surface area contributed by atoms with Crippen LogP contribution in [-0.2, 0) is 4.79 Å². The summed E-state index contributed by atoms with van der Waals surface area (Å²) in [6, 6.07) is 0. The molecule has 20 heavy (non-hydrogen) atoms. The van der Waals surface area contributed by atoms with Gasteiger partial charge in [0.1, 0.15) is 0 Å². The van der Waals surface area contributed by atoms with Crippen molar-refractivity contribution in [3.63, 3.8) is 0 Å². The molecular formula is C15H26FN3O. The van der Waals surface area contributed by atoms with Gasteiger partial charge in [0.05, 0.1) is 5.83 Å². The van der Waals surface area contributed by atoms with Gasteiger partial charge in [-0.3, -0.25) is 9.69 Å². The highest BCUT2D eigenvalue weighted by molar-refractivity contribution is 5.72. The molecule has 4 nitrogen and oxygen atoms in total. The standard InChI is InChI=1S/C15H26FN3O/c1-13(20)17-5-6-18-7-9-19(10-8-18)12-14-3-2-4-15(16)11-14/h11,14H,2-10,12H2,1H3,(H,17,20). The molecule has 1 saturated heterocycles. The van der Waals surface area contributed by atoms with E-state index in [4.69, 9.17) is 0 Å². The van der Waals surface area contributed by atoms with Crippen LogP contribution in [0.15, 0.2) is 11.9 Å². The van der Waals surface area contributed by atoms with E-state index >= 15 is 0 Å². The molecule has 0 aromatic rings. The SMILES string of the molecule is CC(=O)NCCN1CCN(CC2C=C(F)CCC2)CC1. The van der Waals surface area contributed by atoms with Gasteiger partial charge in [-0.2, -0.15) is 0 Å². The van der Waals surface area contributed by atoms with Gasteiger partial charge in [-0.15, -0.1) is 0 Å². The molecule has 0 spiro atoms. The fourth-order valence-electron chi connectivity index (χ4n) is 3.02. The number of nitrogens with zero attached hydrogens (tertiary/aromatic N) is 2. The van der Waals surface area contributed by atoms with E-state index in [1.807, 2.05) is 6.08 Å². The molecule has 1 unspecified atom stereocenters. The summed E-state index contributed by atoms with van der Waals surface area (Å²) in [4.78, 5) is 15.6. The number of carbonyl (C=O) groups is 1. The second-order valence-corrected chi connectivity index (χ2v) is 5.89. The zero-order valence-electron chi connectivity index (χ0n) is 12.4. The number of halogens is 1. The molecule has 5 heteroatoms. The Hall–Kier alpha value is -0.940. The third-order valence-corrected chi connectivity index (χ3v) is 4.17. The quantitative estimate of drug-likeness (QED) is 0.828. The van der Waals surface area contributed by atoms with Gasteiger partial charge in [0, 0.05) is 52.7 Å². The zero-order chi connectivity index (χ0) is 14.4. The van der Waals surface area contributed by atoms with Crippen LogP contribution in [0.1, 0.15) is 26.2 Å². The lowest BCUT2D eigenvalue weighted by atomic mass is 9.94. The van der Waals surface area contributed by atoms with E-state index in [1.54, 1.807) is 6.92 Å². The van der Waals surface area contributed by atoms with E-state index < -0.39 is 0 Å². The second-order valence-electron chi connectivity index (χ2n) is 5.89. The first kappa shape index (κ1) is 15.4. The lowest BCUT2D eigenvalue weighted by Gasteiger charge is -2.36. The van der Waals surface area contributed by atoms with Gasteiger partial charge < -0.3 is 10.2 Å². The molecule has 1 amide bonds. The molecule has 1 atom stereocenters. The normalized spacial score (nSPS) is 25.3. The molecule has 1 N–H and O–H groups in total. The van der Waals surface area contributed by atoms with Crippen molar-refractivity contribution in [3.05, 3.63) is 11.9 Å². The minimum absolute atomic E-state index is 0.0368. The molecule has 114 valence electrons. The highest BCUT2D eigenvalue weighted by Crippen LogP contribution is 2.24. The molecule has 1 heterocycles. The van der Waals surface area contributed by atoms with Crippen molar-refractivity contribution >= 4 is 5.91 Å². The number of hydrogen-bond acceptors (Lipinski definition) is 3. The average Bonchev–Trinajstić information content (AvgIpc) is 2.40. The Balaban J connectivity index is 1.64. The highest BCUT2D eigenvalue weighted by Gasteiger charge is 2.21. The van der Waals surface area contributed by atoms with Gasteiger partial charge in [0.25, 0.3) is 0 Å². The van der Waals surface area contributed by atoms with Crippen molar-refractivity contribution in [2.75, 3.05) is 45.8 Å². The summed E-state index contributed by atoms with van der Waals surface area (Å²) >= 11 is 0. The van der Waals surface area contributed by atoms with Crippen LogP contribution >= 0.6 is 0 Å². The zero-order valence-corrected chi connectivity index (χ0v) is 12.4. The largest absolute Gasteiger partial charge is 0.355 e. The van der Waals surface area contributed by atoms with Gasteiger partial charge in [0.15, 0.2) is 0 Å². The first-order valence-corrected chi connectivity index (χ1v) is 7.69. The van der Waals surface area contributed by atoms with Crippen LogP contribution < -0.4 is 5.32 Å². The minimum Gasteiger partial charge on any atom is -0.355 e. The van der Waals surface area contributed by atoms with Crippen molar-refractivity contribution in [3.8, 4) is 0 Å². The van der Waals surface area contributed by atoms with E-state index in [0.29, 0.717) is 12.3 Å². The number of rotatable bonds is 5. The molecule has 0 bridgehead atoms. The Morgan fingerprint density at radius 1 is 1.35 bits per heavy atom. The number of nitrogens with one attached hydrogen (secondary N) is 1. The van der Waals surface area contributed by atoms with Crippen molar-refractivity contribution in [2.24, 2.45) is 5.92 Å². The van der Waals surface area contributed by atoms with Crippen molar-refractivity contribution < 1.29 is 9.18 Å². The first-order valence-electron chi connectivity index (χ1n) is 7.69. The molecule has 1 fully saturated rings. The van der Waals surface area contributed by atoms with E-state index in [1.165, 1.54) is 0 Å². The topological polar surface area (TPSA) is 35.6 Å². The number of hydrogen-bond donors (Lipinski definition) is 1. The number of carbonyl (C=O) groups excluding carboxylic acids is 1. The molecule has 1 aliphatic heterocycles. The van der Waals surface area contributed by atoms with Gasteiger partial charge in [-0.05, 0) is 31.3 Å². The van der Waals surface area contributed by atoms with Gasteiger partial charge in [-0.25, -0.2) is 4.39 Å². The molecular weight excluding hydrogens is 257 g/mol. The maximum absolute atomic E-state index is 13.3. The van der Waals surface area contributed by atoms with Crippen molar-refractivity contribution in [2.45, 2.75) is 26.2 Å². The van der Waals surface area contributed by atoms with E-state index in [0.717, 1.165) is 58.7 Å². The predicted octanol–water partition coefficient (Wildman–Crippen LogP) is 1.39. The maximum Gasteiger partial charge on any atom is 0.216 e. The number of amides is 1.